The number of likely N-dealkylation sites (N-methyl/N-ethyl adjacent to an activating group) is 2. The predicted octanol–water partition coefficient (Wildman–Crippen LogP) is -1.06. The fourth-order valence-corrected chi connectivity index (χ4v) is 4.12. The first kappa shape index (κ1) is 23.7. The van der Waals surface area contributed by atoms with Crippen LogP contribution in [0.2, 0.25) is 0 Å². The Morgan fingerprint density at radius 3 is 2.59 bits per heavy atom. The van der Waals surface area contributed by atoms with Crippen molar-refractivity contribution in [3.05, 3.63) is 11.4 Å². The summed E-state index contributed by atoms with van der Waals surface area (Å²) < 4.78 is 10.8. The van der Waals surface area contributed by atoms with E-state index in [9.17, 15) is 19.5 Å². The van der Waals surface area contributed by atoms with Crippen molar-refractivity contribution in [3.8, 4) is 0 Å². The van der Waals surface area contributed by atoms with Crippen molar-refractivity contribution >= 4 is 30.1 Å². The van der Waals surface area contributed by atoms with E-state index in [1.54, 1.807) is 13.3 Å². The quantitative estimate of drug-likeness (QED) is 0.448. The Morgan fingerprint density at radius 1 is 1.28 bits per heavy atom. The zero-order chi connectivity index (χ0) is 23.6. The van der Waals surface area contributed by atoms with E-state index >= 15 is 0 Å². The number of methoxy groups -OCH3 is 2. The summed E-state index contributed by atoms with van der Waals surface area (Å²) in [5.41, 5.74) is 1.12. The van der Waals surface area contributed by atoms with Crippen LogP contribution in [0.3, 0.4) is 0 Å². The second-order valence-corrected chi connectivity index (χ2v) is 7.80. The summed E-state index contributed by atoms with van der Waals surface area (Å²) in [5.74, 6) is -0.818. The van der Waals surface area contributed by atoms with Gasteiger partial charge in [-0.25, -0.2) is 4.98 Å². The summed E-state index contributed by atoms with van der Waals surface area (Å²) in [6.45, 7) is 4.27. The molecule has 0 aromatic carbocycles. The minimum Gasteiger partial charge on any atom is -0.469 e. The highest BCUT2D eigenvalue weighted by molar-refractivity contribution is 5.93. The van der Waals surface area contributed by atoms with Crippen molar-refractivity contribution in [1.29, 1.82) is 0 Å². The number of esters is 2. The van der Waals surface area contributed by atoms with Crippen LogP contribution in [0.25, 0.3) is 0 Å². The van der Waals surface area contributed by atoms with Crippen molar-refractivity contribution in [3.63, 3.8) is 0 Å². The summed E-state index contributed by atoms with van der Waals surface area (Å²) >= 11 is 0. The van der Waals surface area contributed by atoms with Crippen molar-refractivity contribution in [2.75, 3.05) is 39.3 Å². The number of hydrogen-bond donors (Lipinski definition) is 2. The normalized spacial score (nSPS) is 21.2. The lowest BCUT2D eigenvalue weighted by molar-refractivity contribution is -0.143. The molecule has 0 saturated carbocycles. The number of ether oxygens (including phenoxy) is 2. The Hall–Kier alpha value is -2.99. The Kier molecular flexibility index (Phi) is 7.14. The number of aliphatic hydroxyl groups excluding tert-OH is 1. The first-order chi connectivity index (χ1) is 15.2. The van der Waals surface area contributed by atoms with Gasteiger partial charge < -0.3 is 29.7 Å². The average molecular weight is 450 g/mol. The number of aromatic nitrogens is 2. The van der Waals surface area contributed by atoms with E-state index in [4.69, 9.17) is 4.74 Å². The zero-order valence-electron chi connectivity index (χ0n) is 18.9. The first-order valence-corrected chi connectivity index (χ1v) is 10.4. The maximum Gasteiger partial charge on any atom is 0.319 e. The summed E-state index contributed by atoms with van der Waals surface area (Å²) in [5, 5.41) is 13.8. The van der Waals surface area contributed by atoms with Crippen LogP contribution < -0.4 is 10.2 Å². The molecule has 0 saturated heterocycles. The molecule has 2 N–H and O–H groups in total. The third-order valence-electron chi connectivity index (χ3n) is 5.92. The van der Waals surface area contributed by atoms with Crippen LogP contribution in [0.5, 0.6) is 0 Å². The molecule has 0 spiro atoms. The number of carbonyl (C=O) groups excluding carboxylic acids is 3. The molecule has 12 heteroatoms. The van der Waals surface area contributed by atoms with Gasteiger partial charge in [0.2, 0.25) is 5.95 Å². The number of carbonyl (C=O) groups is 3. The number of anilines is 1. The molecule has 12 nitrogen and oxygen atoms in total. The van der Waals surface area contributed by atoms with E-state index in [0.29, 0.717) is 23.9 Å². The number of aliphatic imine (C=N–C) groups is 1. The summed E-state index contributed by atoms with van der Waals surface area (Å²) in [4.78, 5) is 49.5. The smallest absolute Gasteiger partial charge is 0.319 e. The number of aryl methyl sites for hydroxylation is 1. The van der Waals surface area contributed by atoms with Crippen molar-refractivity contribution < 1.29 is 29.0 Å². The third kappa shape index (κ3) is 4.32. The number of nitrogens with zero attached hydrogens (tertiary/aromatic N) is 5. The summed E-state index contributed by atoms with van der Waals surface area (Å²) in [6, 6.07) is -1.39. The first-order valence-electron chi connectivity index (χ1n) is 10.4. The summed E-state index contributed by atoms with van der Waals surface area (Å²) in [7, 11) is 4.35. The Bertz CT molecular complexity index is 915. The molecule has 176 valence electrons. The number of aliphatic hydroxyl groups is 1. The van der Waals surface area contributed by atoms with Gasteiger partial charge in [-0.3, -0.25) is 23.9 Å². The van der Waals surface area contributed by atoms with Crippen LogP contribution in [0.15, 0.2) is 4.99 Å². The van der Waals surface area contributed by atoms with E-state index < -0.39 is 30.1 Å². The molecule has 1 aromatic heterocycles. The topological polar surface area (TPSA) is 139 Å². The van der Waals surface area contributed by atoms with Gasteiger partial charge in [-0.15, -0.1) is 0 Å². The van der Waals surface area contributed by atoms with Gasteiger partial charge in [0.15, 0.2) is 6.04 Å². The molecule has 1 aromatic rings. The monoisotopic (exact) mass is 450 g/mol. The van der Waals surface area contributed by atoms with Crippen molar-refractivity contribution in [2.24, 2.45) is 4.99 Å². The Labute approximate surface area is 186 Å². The molecule has 3 heterocycles. The van der Waals surface area contributed by atoms with Crippen LogP contribution in [0.1, 0.15) is 29.5 Å². The standard InChI is InChI=1S/C20H30N6O6/c1-6-25-10-22-17-18(25)24(3)20-23-11(2)13(26(20)19(17)30)8-14(27)12(7-15(28)31-4)21-9-16(29)32-5/h10,12,14,17-18,21,27H,6-9H2,1-5H3. The molecule has 0 fully saturated rings. The Morgan fingerprint density at radius 2 is 1.97 bits per heavy atom. The van der Waals surface area contributed by atoms with Crippen molar-refractivity contribution in [2.45, 2.75) is 51.0 Å². The van der Waals surface area contributed by atoms with Gasteiger partial charge in [0.25, 0.3) is 5.91 Å². The van der Waals surface area contributed by atoms with Gasteiger partial charge in [0, 0.05) is 26.1 Å². The number of fused-ring (bicyclic) bond motifs is 2. The predicted molar refractivity (Wildman–Crippen MR) is 115 cm³/mol. The number of imidazole rings is 1. The van der Waals surface area contributed by atoms with Crippen LogP contribution in [-0.4, -0.2) is 102 Å². The van der Waals surface area contributed by atoms with Crippen molar-refractivity contribution in [1.82, 2.24) is 19.8 Å². The van der Waals surface area contributed by atoms with E-state index in [0.717, 1.165) is 0 Å². The van der Waals surface area contributed by atoms with Crippen LogP contribution in [0.4, 0.5) is 5.95 Å². The van der Waals surface area contributed by atoms with Crippen LogP contribution in [-0.2, 0) is 25.5 Å². The number of rotatable bonds is 9. The lowest BCUT2D eigenvalue weighted by Crippen LogP contribution is -2.57. The second kappa shape index (κ2) is 9.65. The van der Waals surface area contributed by atoms with Gasteiger partial charge in [-0.05, 0) is 13.8 Å². The molecule has 3 rings (SSSR count). The maximum atomic E-state index is 13.3. The molecular formula is C20H30N6O6. The summed E-state index contributed by atoms with van der Waals surface area (Å²) in [6.07, 6.45) is 0.206. The number of hydrogen-bond acceptors (Lipinski definition) is 11. The van der Waals surface area contributed by atoms with Crippen LogP contribution in [0, 0.1) is 6.92 Å². The second-order valence-electron chi connectivity index (χ2n) is 7.80. The molecule has 4 atom stereocenters. The van der Waals surface area contributed by atoms with Crippen LogP contribution >= 0.6 is 0 Å². The lowest BCUT2D eigenvalue weighted by Gasteiger charge is -2.38. The molecule has 2 aliphatic heterocycles. The molecule has 0 aliphatic carbocycles. The highest BCUT2D eigenvalue weighted by Gasteiger charge is 2.46. The third-order valence-corrected chi connectivity index (χ3v) is 5.92. The van der Waals surface area contributed by atoms with Gasteiger partial charge in [0.05, 0.1) is 51.0 Å². The molecular weight excluding hydrogens is 420 g/mol. The molecule has 2 aliphatic rings. The Balaban J connectivity index is 1.86. The maximum absolute atomic E-state index is 13.3. The van der Waals surface area contributed by atoms with E-state index in [-0.39, 0.29) is 31.5 Å². The van der Waals surface area contributed by atoms with E-state index in [1.807, 2.05) is 23.8 Å². The fraction of sp³-hybridized carbons (Fsp3) is 0.650. The highest BCUT2D eigenvalue weighted by atomic mass is 16.5. The van der Waals surface area contributed by atoms with Gasteiger partial charge in [-0.1, -0.05) is 0 Å². The van der Waals surface area contributed by atoms with E-state index in [2.05, 4.69) is 20.0 Å². The minimum atomic E-state index is -1.10. The molecule has 0 radical (unpaired) electrons. The minimum absolute atomic E-state index is 0.0346. The van der Waals surface area contributed by atoms with Gasteiger partial charge in [-0.2, -0.15) is 0 Å². The van der Waals surface area contributed by atoms with Gasteiger partial charge >= 0.3 is 11.9 Å². The number of nitrogens with one attached hydrogen (secondary N) is 1. The molecule has 32 heavy (non-hydrogen) atoms. The lowest BCUT2D eigenvalue weighted by atomic mass is 10.0. The molecule has 0 amide bonds. The zero-order valence-corrected chi connectivity index (χ0v) is 18.9. The SMILES string of the molecule is CCN1C=NC2C(=O)n3c(nc(C)c3CC(O)C(CC(=O)OC)NCC(=O)OC)N(C)C21. The molecule has 0 bridgehead atoms. The van der Waals surface area contributed by atoms with Gasteiger partial charge in [0.1, 0.15) is 6.17 Å². The highest BCUT2D eigenvalue weighted by Crippen LogP contribution is 2.32. The molecule has 4 unspecified atom stereocenters. The average Bonchev–Trinajstić information content (AvgIpc) is 3.36. The van der Waals surface area contributed by atoms with E-state index in [1.165, 1.54) is 18.8 Å². The largest absolute Gasteiger partial charge is 0.469 e. The fourth-order valence-electron chi connectivity index (χ4n) is 4.12.